The highest BCUT2D eigenvalue weighted by Gasteiger charge is 2.43. The summed E-state index contributed by atoms with van der Waals surface area (Å²) in [5.41, 5.74) is 0.542. The van der Waals surface area contributed by atoms with Gasteiger partial charge in [-0.2, -0.15) is 13.5 Å². The molecule has 1 saturated heterocycles. The second kappa shape index (κ2) is 9.78. The molecule has 0 radical (unpaired) electrons. The van der Waals surface area contributed by atoms with Gasteiger partial charge in [0.15, 0.2) is 11.4 Å². The van der Waals surface area contributed by atoms with E-state index in [2.05, 4.69) is 10.2 Å². The standard InChI is InChI=1S/C24H25N3O6S/c1-34(31,32)33-23(20(16-9-4-2-5-10-16)17-11-6-3-7-12-17)18-13-8-14-27(18)24(30)21-22(29)19(28)15-25-26-21/h2-7,9-12,15,18,20,23H,8,13-14H2,1H3,(H,25,29)(H,26,28). The minimum atomic E-state index is -3.91. The van der Waals surface area contributed by atoms with Crippen LogP contribution in [0.15, 0.2) is 71.7 Å². The van der Waals surface area contributed by atoms with E-state index in [0.717, 1.165) is 23.6 Å². The van der Waals surface area contributed by atoms with E-state index in [9.17, 15) is 23.1 Å². The summed E-state index contributed by atoms with van der Waals surface area (Å²) in [5.74, 6) is -1.88. The first-order valence-corrected chi connectivity index (χ1v) is 12.6. The van der Waals surface area contributed by atoms with E-state index in [1.54, 1.807) is 0 Å². The fourth-order valence-corrected chi connectivity index (χ4v) is 5.15. The lowest BCUT2D eigenvalue weighted by molar-refractivity contribution is 0.0526. The quantitative estimate of drug-likeness (QED) is 0.493. The molecule has 1 fully saturated rings. The number of hydrogen-bond acceptors (Lipinski definition) is 7. The molecule has 10 heteroatoms. The van der Waals surface area contributed by atoms with Crippen LogP contribution in [-0.2, 0) is 14.3 Å². The molecule has 1 aliphatic heterocycles. The maximum Gasteiger partial charge on any atom is 0.276 e. The van der Waals surface area contributed by atoms with E-state index in [0.29, 0.717) is 19.4 Å². The first kappa shape index (κ1) is 23.7. The van der Waals surface area contributed by atoms with E-state index < -0.39 is 45.3 Å². The molecule has 1 aromatic heterocycles. The molecule has 0 bridgehead atoms. The fraction of sp³-hybridized carbons (Fsp3) is 0.292. The predicted molar refractivity (Wildman–Crippen MR) is 125 cm³/mol. The Labute approximate surface area is 197 Å². The lowest BCUT2D eigenvalue weighted by Crippen LogP contribution is -2.47. The van der Waals surface area contributed by atoms with Crippen LogP contribution < -0.4 is 5.43 Å². The summed E-state index contributed by atoms with van der Waals surface area (Å²) in [4.78, 5) is 26.6. The van der Waals surface area contributed by atoms with Gasteiger partial charge in [0.25, 0.3) is 16.0 Å². The molecule has 178 valence electrons. The fourth-order valence-electron chi connectivity index (χ4n) is 4.51. The molecule has 4 rings (SSSR count). The highest BCUT2D eigenvalue weighted by molar-refractivity contribution is 7.86. The number of carbonyl (C=O) groups is 1. The summed E-state index contributed by atoms with van der Waals surface area (Å²) in [6, 6.07) is 18.1. The molecule has 2 N–H and O–H groups in total. The highest BCUT2D eigenvalue weighted by atomic mass is 32.2. The Morgan fingerprint density at radius 3 is 2.26 bits per heavy atom. The van der Waals surface area contributed by atoms with Crippen LogP contribution in [0.5, 0.6) is 5.75 Å². The third-order valence-electron chi connectivity index (χ3n) is 5.91. The molecule has 9 nitrogen and oxygen atoms in total. The number of likely N-dealkylation sites (tertiary alicyclic amines) is 1. The predicted octanol–water partition coefficient (Wildman–Crippen LogP) is 2.26. The number of carbonyl (C=O) groups excluding carboxylic acids is 1. The molecule has 0 saturated carbocycles. The average molecular weight is 484 g/mol. The normalized spacial score (nSPS) is 17.1. The van der Waals surface area contributed by atoms with Gasteiger partial charge in [-0.3, -0.25) is 18.9 Å². The van der Waals surface area contributed by atoms with Gasteiger partial charge in [0.05, 0.1) is 18.5 Å². The zero-order chi connectivity index (χ0) is 24.3. The highest BCUT2D eigenvalue weighted by Crippen LogP contribution is 2.37. The van der Waals surface area contributed by atoms with Gasteiger partial charge in [-0.05, 0) is 24.0 Å². The largest absolute Gasteiger partial charge is 0.502 e. The van der Waals surface area contributed by atoms with Crippen molar-refractivity contribution < 1.29 is 22.5 Å². The van der Waals surface area contributed by atoms with E-state index in [4.69, 9.17) is 4.18 Å². The van der Waals surface area contributed by atoms with Gasteiger partial charge in [0.1, 0.15) is 6.10 Å². The van der Waals surface area contributed by atoms with Crippen molar-refractivity contribution in [2.24, 2.45) is 0 Å². The maximum atomic E-state index is 13.3. The molecule has 34 heavy (non-hydrogen) atoms. The summed E-state index contributed by atoms with van der Waals surface area (Å²) in [6.45, 7) is 0.305. The van der Waals surface area contributed by atoms with Crippen LogP contribution in [0.2, 0.25) is 0 Å². The van der Waals surface area contributed by atoms with Gasteiger partial charge in [-0.15, -0.1) is 0 Å². The van der Waals surface area contributed by atoms with Crippen molar-refractivity contribution in [3.63, 3.8) is 0 Å². The molecule has 3 aromatic rings. The minimum absolute atomic E-state index is 0.305. The van der Waals surface area contributed by atoms with Crippen molar-refractivity contribution in [3.8, 4) is 5.75 Å². The average Bonchev–Trinajstić information content (AvgIpc) is 3.30. The Morgan fingerprint density at radius 1 is 1.12 bits per heavy atom. The topological polar surface area (TPSA) is 130 Å². The van der Waals surface area contributed by atoms with Crippen LogP contribution in [0.4, 0.5) is 0 Å². The van der Waals surface area contributed by atoms with Crippen molar-refractivity contribution in [3.05, 3.63) is 93.9 Å². The summed E-state index contributed by atoms with van der Waals surface area (Å²) < 4.78 is 30.5. The molecule has 2 unspecified atom stereocenters. The lowest BCUT2D eigenvalue weighted by atomic mass is 9.83. The molecule has 1 amide bonds. The molecule has 2 atom stereocenters. The van der Waals surface area contributed by atoms with Gasteiger partial charge in [-0.1, -0.05) is 60.7 Å². The summed E-state index contributed by atoms with van der Waals surface area (Å²) >= 11 is 0. The molecule has 0 aliphatic carbocycles. The van der Waals surface area contributed by atoms with E-state index in [1.807, 2.05) is 60.7 Å². The number of nitrogens with zero attached hydrogens (tertiary/aromatic N) is 2. The number of hydrogen-bond donors (Lipinski definition) is 2. The SMILES string of the molecule is CS(=O)(=O)OC(C(c1ccccc1)c1ccccc1)C1CCCN1C(=O)c1[nH]ncc(=O)c1O. The van der Waals surface area contributed by atoms with Crippen LogP contribution >= 0.6 is 0 Å². The molecular weight excluding hydrogens is 458 g/mol. The number of amides is 1. The first-order chi connectivity index (χ1) is 16.3. The monoisotopic (exact) mass is 483 g/mol. The van der Waals surface area contributed by atoms with Crippen LogP contribution in [0.3, 0.4) is 0 Å². The van der Waals surface area contributed by atoms with Crippen molar-refractivity contribution in [1.82, 2.24) is 15.1 Å². The van der Waals surface area contributed by atoms with Gasteiger partial charge < -0.3 is 10.0 Å². The molecule has 2 aromatic carbocycles. The Bertz CT molecular complexity index is 1270. The molecule has 2 heterocycles. The van der Waals surface area contributed by atoms with Gasteiger partial charge in [-0.25, -0.2) is 0 Å². The molecular formula is C24H25N3O6S. The molecule has 0 spiro atoms. The number of benzene rings is 2. The number of nitrogens with one attached hydrogen (secondary N) is 1. The van der Waals surface area contributed by atoms with Crippen LogP contribution in [0.25, 0.3) is 0 Å². The molecule has 1 aliphatic rings. The third-order valence-corrected chi connectivity index (χ3v) is 6.49. The van der Waals surface area contributed by atoms with E-state index in [-0.39, 0.29) is 5.69 Å². The second-order valence-corrected chi connectivity index (χ2v) is 9.83. The van der Waals surface area contributed by atoms with Crippen molar-refractivity contribution >= 4 is 16.0 Å². The van der Waals surface area contributed by atoms with Gasteiger partial charge in [0, 0.05) is 12.5 Å². The van der Waals surface area contributed by atoms with Crippen molar-refractivity contribution in [2.45, 2.75) is 30.9 Å². The Hall–Kier alpha value is -3.50. The minimum Gasteiger partial charge on any atom is -0.502 e. The number of aromatic nitrogens is 2. The number of aromatic amines is 1. The van der Waals surface area contributed by atoms with Crippen molar-refractivity contribution in [2.75, 3.05) is 12.8 Å². The Morgan fingerprint density at radius 2 is 1.71 bits per heavy atom. The van der Waals surface area contributed by atoms with E-state index >= 15 is 0 Å². The Balaban J connectivity index is 1.81. The number of aromatic hydroxyl groups is 1. The van der Waals surface area contributed by atoms with Crippen LogP contribution in [-0.4, -0.2) is 59.5 Å². The smallest absolute Gasteiger partial charge is 0.276 e. The number of H-pyrrole nitrogens is 1. The van der Waals surface area contributed by atoms with Crippen molar-refractivity contribution in [1.29, 1.82) is 0 Å². The summed E-state index contributed by atoms with van der Waals surface area (Å²) in [7, 11) is -3.91. The van der Waals surface area contributed by atoms with E-state index in [1.165, 1.54) is 4.90 Å². The lowest BCUT2D eigenvalue weighted by Gasteiger charge is -2.36. The zero-order valence-corrected chi connectivity index (χ0v) is 19.3. The second-order valence-electron chi connectivity index (χ2n) is 8.23. The van der Waals surface area contributed by atoms with Crippen LogP contribution in [0, 0.1) is 0 Å². The summed E-state index contributed by atoms with van der Waals surface area (Å²) in [6.07, 6.45) is 1.99. The Kier molecular flexibility index (Phi) is 6.80. The van der Waals surface area contributed by atoms with Gasteiger partial charge >= 0.3 is 0 Å². The first-order valence-electron chi connectivity index (χ1n) is 10.8. The number of rotatable bonds is 7. The third kappa shape index (κ3) is 5.02. The maximum absolute atomic E-state index is 13.3. The van der Waals surface area contributed by atoms with Gasteiger partial charge in [0.2, 0.25) is 5.43 Å². The zero-order valence-electron chi connectivity index (χ0n) is 18.5. The van der Waals surface area contributed by atoms with Crippen LogP contribution in [0.1, 0.15) is 40.4 Å². The summed E-state index contributed by atoms with van der Waals surface area (Å²) in [5, 5.41) is 16.2.